The van der Waals surface area contributed by atoms with Gasteiger partial charge in [0.25, 0.3) is 5.69 Å². The highest BCUT2D eigenvalue weighted by Gasteiger charge is 2.11. The molecule has 0 aliphatic rings. The molecule has 1 heterocycles. The number of carbonyl (C=O) groups excluding carboxylic acids is 1. The highest BCUT2D eigenvalue weighted by Crippen LogP contribution is 2.29. The van der Waals surface area contributed by atoms with Gasteiger partial charge in [0, 0.05) is 6.07 Å². The van der Waals surface area contributed by atoms with E-state index in [1.54, 1.807) is 6.07 Å². The molecule has 7 heteroatoms. The number of nitro groups is 1. The summed E-state index contributed by atoms with van der Waals surface area (Å²) in [5.74, 6) is 0.785. The molecule has 98 valence electrons. The molecule has 0 radical (unpaired) electrons. The lowest BCUT2D eigenvalue weighted by atomic mass is 10.3. The summed E-state index contributed by atoms with van der Waals surface area (Å²) in [6, 6.07) is 6.97. The maximum atomic E-state index is 10.6. The Hall–Kier alpha value is -2.34. The second-order valence-electron chi connectivity index (χ2n) is 3.58. The van der Waals surface area contributed by atoms with Gasteiger partial charge in [-0.2, -0.15) is 0 Å². The predicted octanol–water partition coefficient (Wildman–Crippen LogP) is 3.23. The minimum atomic E-state index is -0.541. The molecule has 0 N–H and O–H groups in total. The molecule has 0 amide bonds. The topological polar surface area (TPSA) is 82.6 Å². The number of hydrogen-bond donors (Lipinski definition) is 0. The summed E-state index contributed by atoms with van der Waals surface area (Å²) in [7, 11) is 0. The standard InChI is InChI=1S/C12H8ClNO5/c13-11-4-1-8(14(16)17)5-12(11)18-7-10-3-2-9(6-15)19-10/h1-6H,7H2. The molecule has 0 saturated carbocycles. The molecule has 0 atom stereocenters. The van der Waals surface area contributed by atoms with Gasteiger partial charge in [-0.15, -0.1) is 0 Å². The van der Waals surface area contributed by atoms with Gasteiger partial charge in [-0.25, -0.2) is 0 Å². The van der Waals surface area contributed by atoms with Crippen LogP contribution in [0.5, 0.6) is 5.75 Å². The lowest BCUT2D eigenvalue weighted by Gasteiger charge is -2.05. The first kappa shape index (κ1) is 13.1. The molecule has 0 saturated heterocycles. The fourth-order valence-electron chi connectivity index (χ4n) is 1.40. The fraction of sp³-hybridized carbons (Fsp3) is 0.0833. The van der Waals surface area contributed by atoms with E-state index in [9.17, 15) is 14.9 Å². The summed E-state index contributed by atoms with van der Waals surface area (Å²) in [6.07, 6.45) is 0.573. The van der Waals surface area contributed by atoms with Gasteiger partial charge in [0.2, 0.25) is 0 Å². The number of nitro benzene ring substituents is 1. The SMILES string of the molecule is O=Cc1ccc(COc2cc([N+](=O)[O-])ccc2Cl)o1. The number of hydrogen-bond acceptors (Lipinski definition) is 5. The van der Waals surface area contributed by atoms with Crippen molar-refractivity contribution in [2.45, 2.75) is 6.61 Å². The van der Waals surface area contributed by atoms with Gasteiger partial charge in [0.05, 0.1) is 16.0 Å². The number of furan rings is 1. The van der Waals surface area contributed by atoms with E-state index in [1.807, 2.05) is 0 Å². The summed E-state index contributed by atoms with van der Waals surface area (Å²) < 4.78 is 10.4. The molecule has 2 aromatic rings. The Bertz CT molecular complexity index is 622. The van der Waals surface area contributed by atoms with Crippen LogP contribution in [0.4, 0.5) is 5.69 Å². The molecular formula is C12H8ClNO5. The van der Waals surface area contributed by atoms with E-state index in [1.165, 1.54) is 24.3 Å². The quantitative estimate of drug-likeness (QED) is 0.477. The summed E-state index contributed by atoms with van der Waals surface area (Å²) in [5, 5.41) is 10.9. The molecule has 19 heavy (non-hydrogen) atoms. The Balaban J connectivity index is 2.12. The predicted molar refractivity (Wildman–Crippen MR) is 66.5 cm³/mol. The van der Waals surface area contributed by atoms with Gasteiger partial charge >= 0.3 is 0 Å². The third kappa shape index (κ3) is 3.11. The second-order valence-corrected chi connectivity index (χ2v) is 3.99. The van der Waals surface area contributed by atoms with Crippen LogP contribution in [-0.4, -0.2) is 11.2 Å². The number of benzene rings is 1. The van der Waals surface area contributed by atoms with Crippen molar-refractivity contribution in [3.05, 3.63) is 57.0 Å². The first-order chi connectivity index (χ1) is 9.10. The zero-order valence-corrected chi connectivity index (χ0v) is 10.3. The van der Waals surface area contributed by atoms with Gasteiger partial charge in [0.1, 0.15) is 18.1 Å². The number of halogens is 1. The average Bonchev–Trinajstić information content (AvgIpc) is 2.85. The van der Waals surface area contributed by atoms with Crippen LogP contribution in [0, 0.1) is 10.1 Å². The molecule has 1 aromatic carbocycles. The molecule has 0 aliphatic heterocycles. The largest absolute Gasteiger partial charge is 0.484 e. The van der Waals surface area contributed by atoms with Crippen LogP contribution >= 0.6 is 11.6 Å². The molecule has 1 aromatic heterocycles. The zero-order chi connectivity index (χ0) is 13.8. The Morgan fingerprint density at radius 3 is 2.79 bits per heavy atom. The molecule has 0 fully saturated rings. The summed E-state index contributed by atoms with van der Waals surface area (Å²) in [5.41, 5.74) is -0.118. The summed E-state index contributed by atoms with van der Waals surface area (Å²) in [4.78, 5) is 20.5. The van der Waals surface area contributed by atoms with Crippen LogP contribution in [-0.2, 0) is 6.61 Å². The van der Waals surface area contributed by atoms with Crippen molar-refractivity contribution in [3.63, 3.8) is 0 Å². The molecule has 0 bridgehead atoms. The van der Waals surface area contributed by atoms with E-state index in [4.69, 9.17) is 20.8 Å². The fourth-order valence-corrected chi connectivity index (χ4v) is 1.57. The maximum Gasteiger partial charge on any atom is 0.273 e. The third-order valence-corrected chi connectivity index (χ3v) is 2.61. The van der Waals surface area contributed by atoms with Crippen molar-refractivity contribution in [2.24, 2.45) is 0 Å². The summed E-state index contributed by atoms with van der Waals surface area (Å²) >= 11 is 5.87. The molecule has 0 spiro atoms. The van der Waals surface area contributed by atoms with Gasteiger partial charge in [0.15, 0.2) is 12.0 Å². The normalized spacial score (nSPS) is 10.2. The Kier molecular flexibility index (Phi) is 3.82. The Morgan fingerprint density at radius 1 is 1.37 bits per heavy atom. The lowest BCUT2D eigenvalue weighted by molar-refractivity contribution is -0.384. The molecule has 0 unspecified atom stereocenters. The molecule has 0 aliphatic carbocycles. The van der Waals surface area contributed by atoms with Crippen LogP contribution in [0.15, 0.2) is 34.7 Å². The number of rotatable bonds is 5. The van der Waals surface area contributed by atoms with E-state index in [2.05, 4.69) is 0 Å². The number of aldehydes is 1. The van der Waals surface area contributed by atoms with E-state index in [0.29, 0.717) is 12.0 Å². The first-order valence-electron chi connectivity index (χ1n) is 5.21. The smallest absolute Gasteiger partial charge is 0.273 e. The second kappa shape index (κ2) is 5.53. The van der Waals surface area contributed by atoms with E-state index in [-0.39, 0.29) is 28.8 Å². The van der Waals surface area contributed by atoms with Gasteiger partial charge in [-0.05, 0) is 18.2 Å². The maximum absolute atomic E-state index is 10.6. The van der Waals surface area contributed by atoms with E-state index >= 15 is 0 Å². The number of non-ortho nitro benzene ring substituents is 1. The van der Waals surface area contributed by atoms with Crippen molar-refractivity contribution in [3.8, 4) is 5.75 Å². The van der Waals surface area contributed by atoms with Gasteiger partial charge in [-0.3, -0.25) is 14.9 Å². The minimum Gasteiger partial charge on any atom is -0.484 e. The number of carbonyl (C=O) groups is 1. The zero-order valence-electron chi connectivity index (χ0n) is 9.54. The number of nitrogens with zero attached hydrogens (tertiary/aromatic N) is 1. The molecule has 2 rings (SSSR count). The van der Waals surface area contributed by atoms with Crippen molar-refractivity contribution in [1.82, 2.24) is 0 Å². The summed E-state index contributed by atoms with van der Waals surface area (Å²) in [6.45, 7) is 0.0225. The van der Waals surface area contributed by atoms with Crippen LogP contribution in [0.25, 0.3) is 0 Å². The van der Waals surface area contributed by atoms with Crippen molar-refractivity contribution in [1.29, 1.82) is 0 Å². The highest BCUT2D eigenvalue weighted by molar-refractivity contribution is 6.32. The monoisotopic (exact) mass is 281 g/mol. The van der Waals surface area contributed by atoms with Crippen molar-refractivity contribution < 1.29 is 18.9 Å². The first-order valence-corrected chi connectivity index (χ1v) is 5.58. The van der Waals surface area contributed by atoms with E-state index < -0.39 is 4.92 Å². The van der Waals surface area contributed by atoms with Crippen LogP contribution < -0.4 is 4.74 Å². The Morgan fingerprint density at radius 2 is 2.16 bits per heavy atom. The highest BCUT2D eigenvalue weighted by atomic mass is 35.5. The Labute approximate surface area is 112 Å². The lowest BCUT2D eigenvalue weighted by Crippen LogP contribution is -1.96. The molecular weight excluding hydrogens is 274 g/mol. The van der Waals surface area contributed by atoms with Crippen molar-refractivity contribution >= 4 is 23.6 Å². The van der Waals surface area contributed by atoms with Crippen molar-refractivity contribution in [2.75, 3.05) is 0 Å². The number of ether oxygens (including phenoxy) is 1. The van der Waals surface area contributed by atoms with E-state index in [0.717, 1.165) is 0 Å². The minimum absolute atomic E-state index is 0.0225. The third-order valence-electron chi connectivity index (χ3n) is 2.29. The average molecular weight is 282 g/mol. The molecule has 6 nitrogen and oxygen atoms in total. The van der Waals surface area contributed by atoms with Gasteiger partial charge < -0.3 is 9.15 Å². The van der Waals surface area contributed by atoms with Crippen LogP contribution in [0.1, 0.15) is 16.3 Å². The van der Waals surface area contributed by atoms with Crippen LogP contribution in [0.2, 0.25) is 5.02 Å². The van der Waals surface area contributed by atoms with Gasteiger partial charge in [-0.1, -0.05) is 11.6 Å². The van der Waals surface area contributed by atoms with Crippen LogP contribution in [0.3, 0.4) is 0 Å².